The van der Waals surface area contributed by atoms with Gasteiger partial charge < -0.3 is 4.74 Å². The van der Waals surface area contributed by atoms with E-state index in [9.17, 15) is 19.2 Å². The third kappa shape index (κ3) is 24.5. The van der Waals surface area contributed by atoms with Crippen molar-refractivity contribution in [3.05, 3.63) is 0 Å². The van der Waals surface area contributed by atoms with Crippen molar-refractivity contribution in [2.24, 2.45) is 35.0 Å². The second kappa shape index (κ2) is 18.3. The maximum atomic E-state index is 11.2. The first-order chi connectivity index (χ1) is 13.2. The summed E-state index contributed by atoms with van der Waals surface area (Å²) in [5.74, 6) is 1.59. The van der Waals surface area contributed by atoms with E-state index in [1.165, 1.54) is 7.11 Å². The van der Waals surface area contributed by atoms with Crippen LogP contribution >= 0.6 is 0 Å². The average Bonchev–Trinajstić information content (AvgIpc) is 2.59. The first-order valence-electron chi connectivity index (χ1n) is 10.9. The van der Waals surface area contributed by atoms with Gasteiger partial charge >= 0.3 is 5.97 Å². The molecule has 0 aliphatic heterocycles. The molecule has 0 saturated carbocycles. The summed E-state index contributed by atoms with van der Waals surface area (Å²) in [6, 6.07) is 0. The van der Waals surface area contributed by atoms with Crippen molar-refractivity contribution < 1.29 is 23.9 Å². The zero-order valence-electron chi connectivity index (χ0n) is 22.4. The highest BCUT2D eigenvalue weighted by Crippen LogP contribution is 2.19. The predicted molar refractivity (Wildman–Crippen MR) is 126 cm³/mol. The molecule has 0 aliphatic carbocycles. The van der Waals surface area contributed by atoms with Crippen LogP contribution in [0.4, 0.5) is 0 Å². The second-order valence-corrected chi connectivity index (χ2v) is 9.92. The molecule has 0 spiro atoms. The highest BCUT2D eigenvalue weighted by atomic mass is 16.5. The van der Waals surface area contributed by atoms with Crippen LogP contribution in [0.15, 0.2) is 0 Å². The standard InChI is InChI=1S/C8H16O.C7H14O.C5H10O2.C5H10O/c1-6(2)7(9)8(3,4)5;1-5(2)7(8)6(3)4;1-4(2)5(6)7-3;1-4(2)5(3)6/h6H,1-5H3;5-6H,1-4H3;4H,1-3H3;4H,1-3H3. The Morgan fingerprint density at radius 3 is 0.900 bits per heavy atom. The Morgan fingerprint density at radius 2 is 0.900 bits per heavy atom. The van der Waals surface area contributed by atoms with Crippen LogP contribution in [0.2, 0.25) is 0 Å². The molecular weight excluding hydrogens is 380 g/mol. The topological polar surface area (TPSA) is 77.5 Å². The summed E-state index contributed by atoms with van der Waals surface area (Å²) in [5, 5.41) is 0. The molecule has 0 aliphatic rings. The zero-order chi connectivity index (χ0) is 25.4. The molecule has 30 heavy (non-hydrogen) atoms. The lowest BCUT2D eigenvalue weighted by Gasteiger charge is -2.18. The fourth-order valence-electron chi connectivity index (χ4n) is 1.77. The molecule has 0 aromatic heterocycles. The Bertz CT molecular complexity index is 482. The van der Waals surface area contributed by atoms with Crippen LogP contribution in [0.5, 0.6) is 0 Å². The quantitative estimate of drug-likeness (QED) is 0.487. The van der Waals surface area contributed by atoms with E-state index in [1.807, 2.05) is 76.2 Å². The van der Waals surface area contributed by atoms with Gasteiger partial charge in [-0.25, -0.2) is 0 Å². The molecule has 0 unspecified atom stereocenters. The SMILES string of the molecule is CC(=O)C(C)C.CC(C)C(=O)C(C)(C)C.CC(C)C(=O)C(C)C.COC(=O)C(C)C. The molecule has 5 nitrogen and oxygen atoms in total. The molecular formula is C25H50O5. The molecule has 180 valence electrons. The van der Waals surface area contributed by atoms with Crippen molar-refractivity contribution in [1.82, 2.24) is 0 Å². The van der Waals surface area contributed by atoms with Gasteiger partial charge in [-0.05, 0) is 6.92 Å². The summed E-state index contributed by atoms with van der Waals surface area (Å²) in [4.78, 5) is 42.4. The van der Waals surface area contributed by atoms with Crippen LogP contribution in [-0.4, -0.2) is 30.4 Å². The molecule has 0 heterocycles. The predicted octanol–water partition coefficient (Wildman–Crippen LogP) is 6.17. The molecule has 5 heteroatoms. The van der Waals surface area contributed by atoms with Crippen LogP contribution in [-0.2, 0) is 23.9 Å². The number of rotatable bonds is 5. The van der Waals surface area contributed by atoms with Gasteiger partial charge in [0.25, 0.3) is 0 Å². The van der Waals surface area contributed by atoms with Crippen LogP contribution in [0.1, 0.15) is 96.9 Å². The molecule has 0 atom stereocenters. The number of hydrogen-bond acceptors (Lipinski definition) is 5. The van der Waals surface area contributed by atoms with Gasteiger partial charge in [-0.1, -0.05) is 90.0 Å². The van der Waals surface area contributed by atoms with E-state index in [4.69, 9.17) is 0 Å². The first-order valence-corrected chi connectivity index (χ1v) is 10.9. The Morgan fingerprint density at radius 1 is 0.600 bits per heavy atom. The minimum atomic E-state index is -0.159. The van der Waals surface area contributed by atoms with E-state index in [-0.39, 0.29) is 46.8 Å². The molecule has 0 fully saturated rings. The van der Waals surface area contributed by atoms with Crippen LogP contribution in [0, 0.1) is 35.0 Å². The number of carbonyl (C=O) groups excluding carboxylic acids is 4. The number of ketones is 3. The minimum absolute atomic E-state index is 0.00463. The van der Waals surface area contributed by atoms with Crippen LogP contribution < -0.4 is 0 Å². The molecule has 0 radical (unpaired) electrons. The summed E-state index contributed by atoms with van der Waals surface area (Å²) in [6.45, 7) is 26.4. The highest BCUT2D eigenvalue weighted by molar-refractivity contribution is 5.85. The number of hydrogen-bond donors (Lipinski definition) is 0. The molecule has 0 aromatic rings. The maximum absolute atomic E-state index is 11.2. The lowest BCUT2D eigenvalue weighted by atomic mass is 9.85. The number of methoxy groups -OCH3 is 1. The maximum Gasteiger partial charge on any atom is 0.308 e. The third-order valence-electron chi connectivity index (χ3n) is 3.89. The van der Waals surface area contributed by atoms with Gasteiger partial charge in [-0.15, -0.1) is 0 Å². The molecule has 0 aromatic carbocycles. The molecule has 0 amide bonds. The van der Waals surface area contributed by atoms with Crippen LogP contribution in [0.3, 0.4) is 0 Å². The van der Waals surface area contributed by atoms with Gasteiger partial charge in [0, 0.05) is 29.1 Å². The first kappa shape index (κ1) is 35.9. The summed E-state index contributed by atoms with van der Waals surface area (Å²) >= 11 is 0. The lowest BCUT2D eigenvalue weighted by Crippen LogP contribution is -2.24. The van der Waals surface area contributed by atoms with E-state index in [0.29, 0.717) is 11.6 Å². The van der Waals surface area contributed by atoms with Gasteiger partial charge in [0.15, 0.2) is 0 Å². The van der Waals surface area contributed by atoms with E-state index >= 15 is 0 Å². The van der Waals surface area contributed by atoms with Gasteiger partial charge in [0.05, 0.1) is 13.0 Å². The number of Topliss-reactive ketones (excluding diaryl/α,β-unsaturated/α-hetero) is 3. The van der Waals surface area contributed by atoms with Crippen molar-refractivity contribution in [1.29, 1.82) is 0 Å². The Hall–Kier alpha value is -1.52. The number of esters is 1. The third-order valence-corrected chi connectivity index (χ3v) is 3.89. The van der Waals surface area contributed by atoms with Crippen molar-refractivity contribution in [3.8, 4) is 0 Å². The zero-order valence-corrected chi connectivity index (χ0v) is 22.4. The smallest absolute Gasteiger partial charge is 0.308 e. The van der Waals surface area contributed by atoms with E-state index in [1.54, 1.807) is 20.8 Å². The van der Waals surface area contributed by atoms with E-state index in [2.05, 4.69) is 4.74 Å². The van der Waals surface area contributed by atoms with Gasteiger partial charge in [-0.3, -0.25) is 19.2 Å². The molecule has 0 N–H and O–H groups in total. The Kier molecular flexibility index (Phi) is 21.8. The number of carbonyl (C=O) groups is 4. The van der Waals surface area contributed by atoms with E-state index in [0.717, 1.165) is 0 Å². The average molecular weight is 431 g/mol. The molecule has 0 bridgehead atoms. The van der Waals surface area contributed by atoms with Gasteiger partial charge in [0.1, 0.15) is 17.3 Å². The van der Waals surface area contributed by atoms with Crippen molar-refractivity contribution in [2.75, 3.05) is 7.11 Å². The van der Waals surface area contributed by atoms with Crippen molar-refractivity contribution in [3.63, 3.8) is 0 Å². The second-order valence-electron chi connectivity index (χ2n) is 9.92. The number of ether oxygens (including phenoxy) is 1. The lowest BCUT2D eigenvalue weighted by molar-refractivity contribution is -0.144. The normalized spacial score (nSPS) is 10.5. The van der Waals surface area contributed by atoms with Crippen molar-refractivity contribution in [2.45, 2.75) is 96.9 Å². The van der Waals surface area contributed by atoms with Gasteiger partial charge in [0.2, 0.25) is 0 Å². The minimum Gasteiger partial charge on any atom is -0.469 e. The van der Waals surface area contributed by atoms with Crippen LogP contribution in [0.25, 0.3) is 0 Å². The van der Waals surface area contributed by atoms with Crippen molar-refractivity contribution >= 4 is 23.3 Å². The summed E-state index contributed by atoms with van der Waals surface area (Å²) in [6.07, 6.45) is 0. The summed E-state index contributed by atoms with van der Waals surface area (Å²) in [7, 11) is 1.39. The molecule has 0 saturated heterocycles. The Labute approximate surface area is 186 Å². The summed E-state index contributed by atoms with van der Waals surface area (Å²) < 4.78 is 4.37. The van der Waals surface area contributed by atoms with E-state index < -0.39 is 0 Å². The van der Waals surface area contributed by atoms with Gasteiger partial charge in [-0.2, -0.15) is 0 Å². The largest absolute Gasteiger partial charge is 0.469 e. The highest BCUT2D eigenvalue weighted by Gasteiger charge is 2.23. The summed E-state index contributed by atoms with van der Waals surface area (Å²) in [5.41, 5.74) is -0.159. The fourth-order valence-corrected chi connectivity index (χ4v) is 1.77. The fraction of sp³-hybridized carbons (Fsp3) is 0.840. The molecule has 0 rings (SSSR count). The monoisotopic (exact) mass is 430 g/mol. The Balaban J connectivity index is -0.000000152.